The van der Waals surface area contributed by atoms with Crippen molar-refractivity contribution >= 4 is 74.9 Å². The maximum absolute atomic E-state index is 5.31. The molecule has 1 fully saturated rings. The molecule has 14 rings (SSSR count). The van der Waals surface area contributed by atoms with Crippen LogP contribution in [0.2, 0.25) is 0 Å². The van der Waals surface area contributed by atoms with E-state index in [0.29, 0.717) is 17.5 Å². The number of aromatic nitrogens is 4. The molecule has 1 saturated carbocycles. The third-order valence-electron chi connectivity index (χ3n) is 14.4. The average molecular weight is 837 g/mol. The van der Waals surface area contributed by atoms with Crippen LogP contribution in [-0.4, -0.2) is 19.5 Å². The average Bonchev–Trinajstić information content (AvgIpc) is 4.01. The molecule has 0 amide bonds. The van der Waals surface area contributed by atoms with Crippen LogP contribution in [0.5, 0.6) is 0 Å². The SMILES string of the molecule is c1ccc(-c2nc(-c3ccc(-n4c5c6c(c7ccccc7c5c5ccc7ccccc7c54)-c4ccccc4C64CCCCC4)cc3)nc(-c3cccc4sc5ccccc5c34)n2)cc1. The summed E-state index contributed by atoms with van der Waals surface area (Å²) in [6, 6.07) is 66.6. The molecular formula is C59H40N4S. The summed E-state index contributed by atoms with van der Waals surface area (Å²) in [7, 11) is 0. The highest BCUT2D eigenvalue weighted by molar-refractivity contribution is 7.25. The van der Waals surface area contributed by atoms with Gasteiger partial charge in [-0.25, -0.2) is 15.0 Å². The van der Waals surface area contributed by atoms with Gasteiger partial charge in [0.05, 0.1) is 11.0 Å². The standard InChI is InChI=1S/C59H40N4S/c1-3-17-37(18-4-1)56-60-57(62-58(61-56)46-24-15-27-49-50(46)44-23-10-12-26-48(44)64-49)38-28-31-39(32-29-38)63-54-40-19-6-5-16-36(40)30-33-45(54)52-42-21-8-7-20-41(42)51-43-22-9-11-25-47(43)59(53(51)55(52)63)34-13-2-14-35-59/h1,3-12,15-33H,2,13-14,34-35H2. The van der Waals surface area contributed by atoms with E-state index in [1.165, 1.54) is 105 Å². The van der Waals surface area contributed by atoms with Crippen molar-refractivity contribution in [2.24, 2.45) is 0 Å². The zero-order chi connectivity index (χ0) is 41.9. The second-order valence-corrected chi connectivity index (χ2v) is 18.8. The molecular weight excluding hydrogens is 797 g/mol. The Morgan fingerprint density at radius 3 is 1.89 bits per heavy atom. The number of benzene rings is 9. The smallest absolute Gasteiger partial charge is 0.164 e. The van der Waals surface area contributed by atoms with Gasteiger partial charge in [0, 0.05) is 64.1 Å². The van der Waals surface area contributed by atoms with Crippen LogP contribution in [0.15, 0.2) is 182 Å². The maximum atomic E-state index is 5.31. The highest BCUT2D eigenvalue weighted by Gasteiger charge is 2.47. The minimum Gasteiger partial charge on any atom is -0.308 e. The zero-order valence-corrected chi connectivity index (χ0v) is 35.9. The van der Waals surface area contributed by atoms with Crippen LogP contribution >= 0.6 is 11.3 Å². The lowest BCUT2D eigenvalue weighted by Crippen LogP contribution is -2.28. The third-order valence-corrected chi connectivity index (χ3v) is 15.5. The van der Waals surface area contributed by atoms with Gasteiger partial charge in [-0.3, -0.25) is 0 Å². The second kappa shape index (κ2) is 13.8. The summed E-state index contributed by atoms with van der Waals surface area (Å²) in [6.07, 6.45) is 6.07. The van der Waals surface area contributed by atoms with Crippen molar-refractivity contribution in [2.75, 3.05) is 0 Å². The van der Waals surface area contributed by atoms with E-state index in [9.17, 15) is 0 Å². The van der Waals surface area contributed by atoms with Gasteiger partial charge in [0.1, 0.15) is 0 Å². The monoisotopic (exact) mass is 836 g/mol. The summed E-state index contributed by atoms with van der Waals surface area (Å²) in [5.74, 6) is 1.99. The predicted octanol–water partition coefficient (Wildman–Crippen LogP) is 15.9. The van der Waals surface area contributed by atoms with E-state index in [-0.39, 0.29) is 5.41 Å². The fourth-order valence-electron chi connectivity index (χ4n) is 11.7. The first kappa shape index (κ1) is 36.1. The van der Waals surface area contributed by atoms with Crippen LogP contribution < -0.4 is 0 Å². The van der Waals surface area contributed by atoms with Gasteiger partial charge in [-0.2, -0.15) is 0 Å². The molecule has 0 bridgehead atoms. The van der Waals surface area contributed by atoms with Crippen LogP contribution in [0.3, 0.4) is 0 Å². The largest absolute Gasteiger partial charge is 0.308 e. The molecule has 302 valence electrons. The lowest BCUT2D eigenvalue weighted by Gasteiger charge is -2.36. The van der Waals surface area contributed by atoms with Crippen LogP contribution in [0.25, 0.3) is 115 Å². The number of fused-ring (bicyclic) bond motifs is 17. The molecule has 9 aromatic carbocycles. The van der Waals surface area contributed by atoms with E-state index in [2.05, 4.69) is 168 Å². The Hall–Kier alpha value is -7.47. The molecule has 0 atom stereocenters. The fraction of sp³-hybridized carbons (Fsp3) is 0.102. The molecule has 0 radical (unpaired) electrons. The van der Waals surface area contributed by atoms with Crippen molar-refractivity contribution < 1.29 is 0 Å². The van der Waals surface area contributed by atoms with Gasteiger partial charge < -0.3 is 4.57 Å². The van der Waals surface area contributed by atoms with Crippen LogP contribution in [0.4, 0.5) is 0 Å². The van der Waals surface area contributed by atoms with Gasteiger partial charge in [-0.15, -0.1) is 11.3 Å². The lowest BCUT2D eigenvalue weighted by molar-refractivity contribution is 0.354. The van der Waals surface area contributed by atoms with E-state index in [0.717, 1.165) is 35.2 Å². The second-order valence-electron chi connectivity index (χ2n) is 17.7. The molecule has 1 spiro atoms. The Balaban J connectivity index is 1.04. The molecule has 0 N–H and O–H groups in total. The van der Waals surface area contributed by atoms with Crippen molar-refractivity contribution in [1.82, 2.24) is 19.5 Å². The first-order valence-corrected chi connectivity index (χ1v) is 23.4. The molecule has 2 aliphatic carbocycles. The maximum Gasteiger partial charge on any atom is 0.164 e. The molecule has 0 saturated heterocycles. The zero-order valence-electron chi connectivity index (χ0n) is 35.1. The van der Waals surface area contributed by atoms with Crippen molar-refractivity contribution in [2.45, 2.75) is 37.5 Å². The highest BCUT2D eigenvalue weighted by atomic mass is 32.1. The number of thiophene rings is 1. The molecule has 0 aliphatic heterocycles. The molecule has 0 unspecified atom stereocenters. The van der Waals surface area contributed by atoms with Gasteiger partial charge in [0.2, 0.25) is 0 Å². The van der Waals surface area contributed by atoms with E-state index < -0.39 is 0 Å². The van der Waals surface area contributed by atoms with Crippen molar-refractivity contribution in [3.8, 4) is 51.0 Å². The molecule has 3 heterocycles. The Morgan fingerprint density at radius 2 is 1.06 bits per heavy atom. The summed E-state index contributed by atoms with van der Waals surface area (Å²) < 4.78 is 5.11. The minimum atomic E-state index is -0.0555. The van der Waals surface area contributed by atoms with Gasteiger partial charge in [-0.1, -0.05) is 165 Å². The van der Waals surface area contributed by atoms with E-state index >= 15 is 0 Å². The minimum absolute atomic E-state index is 0.0555. The van der Waals surface area contributed by atoms with Crippen molar-refractivity contribution in [1.29, 1.82) is 0 Å². The van der Waals surface area contributed by atoms with Crippen molar-refractivity contribution in [3.63, 3.8) is 0 Å². The Labute approximate surface area is 374 Å². The van der Waals surface area contributed by atoms with Gasteiger partial charge >= 0.3 is 0 Å². The van der Waals surface area contributed by atoms with E-state index in [1.54, 1.807) is 0 Å². The molecule has 5 heteroatoms. The summed E-state index contributed by atoms with van der Waals surface area (Å²) in [5.41, 5.74) is 12.4. The van der Waals surface area contributed by atoms with Gasteiger partial charge in [0.25, 0.3) is 0 Å². The van der Waals surface area contributed by atoms with E-state index in [4.69, 9.17) is 15.0 Å². The molecule has 2 aliphatic rings. The Kier molecular flexibility index (Phi) is 7.75. The predicted molar refractivity (Wildman–Crippen MR) is 268 cm³/mol. The van der Waals surface area contributed by atoms with Gasteiger partial charge in [-0.05, 0) is 87.7 Å². The lowest BCUT2D eigenvalue weighted by atomic mass is 9.67. The summed E-state index contributed by atoms with van der Waals surface area (Å²) >= 11 is 1.81. The topological polar surface area (TPSA) is 43.6 Å². The molecule has 4 nitrogen and oxygen atoms in total. The Bertz CT molecular complexity index is 3870. The number of nitrogens with zero attached hydrogens (tertiary/aromatic N) is 4. The number of hydrogen-bond acceptors (Lipinski definition) is 4. The molecule has 3 aromatic heterocycles. The Morgan fingerprint density at radius 1 is 0.422 bits per heavy atom. The van der Waals surface area contributed by atoms with Crippen LogP contribution in [0.1, 0.15) is 43.2 Å². The summed E-state index contributed by atoms with van der Waals surface area (Å²) in [5, 5.41) is 10.2. The molecule has 64 heavy (non-hydrogen) atoms. The number of rotatable bonds is 4. The summed E-state index contributed by atoms with van der Waals surface area (Å²) in [6.45, 7) is 0. The van der Waals surface area contributed by atoms with E-state index in [1.807, 2.05) is 29.5 Å². The normalized spacial score (nSPS) is 14.4. The molecule has 12 aromatic rings. The van der Waals surface area contributed by atoms with Crippen LogP contribution in [0, 0.1) is 0 Å². The fourth-order valence-corrected chi connectivity index (χ4v) is 12.9. The van der Waals surface area contributed by atoms with Crippen LogP contribution in [-0.2, 0) is 5.41 Å². The first-order valence-electron chi connectivity index (χ1n) is 22.6. The quantitative estimate of drug-likeness (QED) is 0.177. The summed E-state index contributed by atoms with van der Waals surface area (Å²) in [4.78, 5) is 15.7. The highest BCUT2D eigenvalue weighted by Crippen LogP contribution is 2.61. The first-order chi connectivity index (χ1) is 31.7. The third kappa shape index (κ3) is 5.07. The van der Waals surface area contributed by atoms with Gasteiger partial charge in [0.15, 0.2) is 17.5 Å². The van der Waals surface area contributed by atoms with Crippen molar-refractivity contribution in [3.05, 3.63) is 193 Å². The number of hydrogen-bond donors (Lipinski definition) is 0.